The first-order valence-corrected chi connectivity index (χ1v) is 11.8. The third-order valence-corrected chi connectivity index (χ3v) is 5.96. The molecule has 0 aliphatic carbocycles. The monoisotopic (exact) mass is 458 g/mol. The summed E-state index contributed by atoms with van der Waals surface area (Å²) in [5.74, 6) is 1.45. The van der Waals surface area contributed by atoms with Crippen molar-refractivity contribution < 1.29 is 9.53 Å². The van der Waals surface area contributed by atoms with Crippen molar-refractivity contribution >= 4 is 23.4 Å². The molecule has 168 valence electrons. The predicted octanol–water partition coefficient (Wildman–Crippen LogP) is 5.68. The van der Waals surface area contributed by atoms with Gasteiger partial charge in [0.15, 0.2) is 11.0 Å². The minimum Gasteiger partial charge on any atom is -0.492 e. The number of aryl methyl sites for hydroxylation is 2. The number of hydrogen-bond acceptors (Lipinski definition) is 5. The van der Waals surface area contributed by atoms with Gasteiger partial charge < -0.3 is 10.1 Å². The van der Waals surface area contributed by atoms with E-state index in [2.05, 4.69) is 53.6 Å². The Balaban J connectivity index is 1.58. The van der Waals surface area contributed by atoms with Gasteiger partial charge in [0.25, 0.3) is 0 Å². The van der Waals surface area contributed by atoms with Crippen LogP contribution in [0.25, 0.3) is 17.1 Å². The zero-order chi connectivity index (χ0) is 23.2. The van der Waals surface area contributed by atoms with Gasteiger partial charge in [-0.15, -0.1) is 10.2 Å². The van der Waals surface area contributed by atoms with Gasteiger partial charge >= 0.3 is 0 Å². The third kappa shape index (κ3) is 5.43. The maximum Gasteiger partial charge on any atom is 0.234 e. The minimum atomic E-state index is -0.137. The lowest BCUT2D eigenvalue weighted by Gasteiger charge is -2.12. The van der Waals surface area contributed by atoms with Crippen LogP contribution in [-0.2, 0) is 4.79 Å². The summed E-state index contributed by atoms with van der Waals surface area (Å²) in [5, 5.41) is 12.5. The van der Waals surface area contributed by atoms with Gasteiger partial charge in [0, 0.05) is 11.3 Å². The van der Waals surface area contributed by atoms with Gasteiger partial charge in [-0.05, 0) is 45.0 Å². The van der Waals surface area contributed by atoms with Crippen LogP contribution < -0.4 is 10.1 Å². The Bertz CT molecular complexity index is 1230. The molecule has 0 saturated carbocycles. The average Bonchev–Trinajstić information content (AvgIpc) is 3.24. The predicted molar refractivity (Wildman–Crippen MR) is 133 cm³/mol. The maximum absolute atomic E-state index is 12.7. The van der Waals surface area contributed by atoms with E-state index < -0.39 is 0 Å². The summed E-state index contributed by atoms with van der Waals surface area (Å²) in [6, 6.07) is 23.8. The van der Waals surface area contributed by atoms with E-state index in [0.29, 0.717) is 23.2 Å². The van der Waals surface area contributed by atoms with Crippen LogP contribution >= 0.6 is 11.8 Å². The molecule has 1 amide bonds. The molecule has 0 saturated heterocycles. The second-order valence-corrected chi connectivity index (χ2v) is 8.55. The quantitative estimate of drug-likeness (QED) is 0.344. The summed E-state index contributed by atoms with van der Waals surface area (Å²) in [7, 11) is 0. The topological polar surface area (TPSA) is 69.0 Å². The van der Waals surface area contributed by atoms with Gasteiger partial charge in [0.05, 0.1) is 18.0 Å². The fraction of sp³-hybridized carbons (Fsp3) is 0.192. The average molecular weight is 459 g/mol. The number of hydrogen-bond donors (Lipinski definition) is 1. The van der Waals surface area contributed by atoms with Crippen LogP contribution in [-0.4, -0.2) is 33.0 Å². The first-order valence-electron chi connectivity index (χ1n) is 10.8. The highest BCUT2D eigenvalue weighted by Gasteiger charge is 2.18. The smallest absolute Gasteiger partial charge is 0.234 e. The van der Waals surface area contributed by atoms with Gasteiger partial charge in [0.2, 0.25) is 5.91 Å². The van der Waals surface area contributed by atoms with Crippen LogP contribution in [0.4, 0.5) is 5.69 Å². The van der Waals surface area contributed by atoms with Crippen LogP contribution in [0.2, 0.25) is 0 Å². The number of thioether (sulfide) groups is 1. The lowest BCUT2D eigenvalue weighted by molar-refractivity contribution is -0.113. The van der Waals surface area contributed by atoms with E-state index in [1.165, 1.54) is 22.9 Å². The maximum atomic E-state index is 12.7. The SMILES string of the molecule is CCOc1ccccc1NC(=O)CSc1nnc(-c2ccc(C)cc2)n1-c1ccc(C)cc1. The molecule has 4 aromatic rings. The summed E-state index contributed by atoms with van der Waals surface area (Å²) in [6.07, 6.45) is 0. The van der Waals surface area contributed by atoms with Crippen LogP contribution in [0.1, 0.15) is 18.1 Å². The molecule has 0 aliphatic heterocycles. The molecule has 1 N–H and O–H groups in total. The molecule has 33 heavy (non-hydrogen) atoms. The molecule has 7 heteroatoms. The van der Waals surface area contributed by atoms with Gasteiger partial charge in [0.1, 0.15) is 5.75 Å². The molecular formula is C26H26N4O2S. The highest BCUT2D eigenvalue weighted by atomic mass is 32.2. The van der Waals surface area contributed by atoms with Crippen molar-refractivity contribution in [3.8, 4) is 22.8 Å². The number of ether oxygens (including phenoxy) is 1. The Morgan fingerprint density at radius 2 is 1.61 bits per heavy atom. The van der Waals surface area contributed by atoms with E-state index in [9.17, 15) is 4.79 Å². The number of benzene rings is 3. The molecule has 0 radical (unpaired) electrons. The second-order valence-electron chi connectivity index (χ2n) is 7.61. The summed E-state index contributed by atoms with van der Waals surface area (Å²) < 4.78 is 7.60. The highest BCUT2D eigenvalue weighted by Crippen LogP contribution is 2.29. The number of carbonyl (C=O) groups excluding carboxylic acids is 1. The van der Waals surface area contributed by atoms with Crippen molar-refractivity contribution in [1.29, 1.82) is 0 Å². The van der Waals surface area contributed by atoms with Crippen molar-refractivity contribution in [2.75, 3.05) is 17.7 Å². The fourth-order valence-corrected chi connectivity index (χ4v) is 4.10. The normalized spacial score (nSPS) is 10.8. The lowest BCUT2D eigenvalue weighted by Crippen LogP contribution is -2.15. The number of rotatable bonds is 8. The highest BCUT2D eigenvalue weighted by molar-refractivity contribution is 7.99. The number of nitrogens with zero attached hydrogens (tertiary/aromatic N) is 3. The second kappa shape index (κ2) is 10.4. The van der Waals surface area contributed by atoms with Gasteiger partial charge in [-0.1, -0.05) is 71.4 Å². The first-order chi connectivity index (χ1) is 16.0. The van der Waals surface area contributed by atoms with Crippen LogP contribution in [0.5, 0.6) is 5.75 Å². The van der Waals surface area contributed by atoms with Gasteiger partial charge in [-0.25, -0.2) is 0 Å². The Kier molecular flexibility index (Phi) is 7.10. The largest absolute Gasteiger partial charge is 0.492 e. The summed E-state index contributed by atoms with van der Waals surface area (Å²) in [4.78, 5) is 12.7. The van der Waals surface area contributed by atoms with E-state index in [0.717, 1.165) is 17.1 Å². The molecule has 1 aromatic heterocycles. The zero-order valence-electron chi connectivity index (χ0n) is 18.9. The Labute approximate surface area is 198 Å². The van der Waals surface area contributed by atoms with Gasteiger partial charge in [-0.2, -0.15) is 0 Å². The number of carbonyl (C=O) groups is 1. The molecule has 0 spiro atoms. The molecule has 6 nitrogen and oxygen atoms in total. The molecule has 0 aliphatic rings. The zero-order valence-corrected chi connectivity index (χ0v) is 19.7. The Hall–Kier alpha value is -3.58. The van der Waals surface area contributed by atoms with E-state index in [1.54, 1.807) is 0 Å². The standard InChI is InChI=1S/C26H26N4O2S/c1-4-32-23-8-6-5-7-22(23)27-24(31)17-33-26-29-28-25(20-13-9-18(2)10-14-20)30(26)21-15-11-19(3)12-16-21/h5-16H,4,17H2,1-3H3,(H,27,31). The van der Waals surface area contributed by atoms with E-state index >= 15 is 0 Å². The molecular weight excluding hydrogens is 432 g/mol. The lowest BCUT2D eigenvalue weighted by atomic mass is 10.1. The minimum absolute atomic E-state index is 0.137. The third-order valence-electron chi connectivity index (χ3n) is 5.03. The number of para-hydroxylation sites is 2. The summed E-state index contributed by atoms with van der Waals surface area (Å²) in [5.41, 5.74) is 4.93. The summed E-state index contributed by atoms with van der Waals surface area (Å²) in [6.45, 7) is 6.55. The fourth-order valence-electron chi connectivity index (χ4n) is 3.35. The Morgan fingerprint density at radius 1 is 0.939 bits per heavy atom. The van der Waals surface area contributed by atoms with Crippen LogP contribution in [0, 0.1) is 13.8 Å². The molecule has 0 fully saturated rings. The van der Waals surface area contributed by atoms with Crippen molar-refractivity contribution in [2.24, 2.45) is 0 Å². The molecule has 0 bridgehead atoms. The molecule has 0 unspecified atom stereocenters. The number of amides is 1. The first kappa shape index (κ1) is 22.6. The van der Waals surface area contributed by atoms with Crippen LogP contribution in [0.3, 0.4) is 0 Å². The molecule has 3 aromatic carbocycles. The molecule has 1 heterocycles. The van der Waals surface area contributed by atoms with Crippen molar-refractivity contribution in [1.82, 2.24) is 14.8 Å². The summed E-state index contributed by atoms with van der Waals surface area (Å²) >= 11 is 1.35. The van der Waals surface area contributed by atoms with E-state index in [4.69, 9.17) is 4.74 Å². The van der Waals surface area contributed by atoms with Gasteiger partial charge in [-0.3, -0.25) is 9.36 Å². The van der Waals surface area contributed by atoms with Crippen molar-refractivity contribution in [3.05, 3.63) is 83.9 Å². The number of anilines is 1. The van der Waals surface area contributed by atoms with E-state index in [1.807, 2.05) is 60.0 Å². The molecule has 4 rings (SSSR count). The Morgan fingerprint density at radius 3 is 2.30 bits per heavy atom. The number of aromatic nitrogens is 3. The van der Waals surface area contributed by atoms with E-state index in [-0.39, 0.29) is 11.7 Å². The van der Waals surface area contributed by atoms with Crippen LogP contribution in [0.15, 0.2) is 78.0 Å². The molecule has 0 atom stereocenters. The number of nitrogens with one attached hydrogen (secondary N) is 1. The van der Waals surface area contributed by atoms with Crippen molar-refractivity contribution in [3.63, 3.8) is 0 Å². The van der Waals surface area contributed by atoms with Crippen molar-refractivity contribution in [2.45, 2.75) is 25.9 Å².